The van der Waals surface area contributed by atoms with Gasteiger partial charge in [0, 0.05) is 73.3 Å². The number of carbonyl (C=O) groups is 4. The zero-order valence-electron chi connectivity index (χ0n) is 43.9. The molecule has 6 rings (SSSR count). The number of Topliss-reactive ketones (excluding diaryl/α,β-unsaturated/α-hetero) is 1. The normalized spacial score (nSPS) is 17.5. The lowest BCUT2D eigenvalue weighted by Crippen LogP contribution is -2.46. The van der Waals surface area contributed by atoms with Crippen molar-refractivity contribution in [3.63, 3.8) is 0 Å². The Morgan fingerprint density at radius 2 is 1.42 bits per heavy atom. The lowest BCUT2D eigenvalue weighted by Gasteiger charge is -2.27. The molecule has 0 aromatic heterocycles. The molecule has 0 bridgehead atoms. The number of ether oxygens (including phenoxy) is 1. The third kappa shape index (κ3) is 16.3. The molecule has 1 atom stereocenters. The van der Waals surface area contributed by atoms with E-state index in [1.54, 1.807) is 0 Å². The zero-order valence-corrected chi connectivity index (χ0v) is 45.6. The molecule has 17 nitrogen and oxygen atoms in total. The van der Waals surface area contributed by atoms with Crippen LogP contribution in [0.5, 0.6) is 5.75 Å². The van der Waals surface area contributed by atoms with Crippen LogP contribution >= 0.6 is 0 Å². The van der Waals surface area contributed by atoms with Crippen molar-refractivity contribution in [1.82, 2.24) is 10.6 Å². The fraction of sp³-hybridized carbons (Fsp3) is 0.456. The fourth-order valence-corrected chi connectivity index (χ4v) is 11.4. The van der Waals surface area contributed by atoms with E-state index in [4.69, 9.17) is 9.84 Å². The Hall–Kier alpha value is -6.41. The van der Waals surface area contributed by atoms with Gasteiger partial charge in [0.2, 0.25) is 5.69 Å². The van der Waals surface area contributed by atoms with Crippen molar-refractivity contribution in [2.75, 3.05) is 36.0 Å². The number of ketones is 1. The fourth-order valence-electron chi connectivity index (χ4n) is 10.3. The van der Waals surface area contributed by atoms with E-state index in [2.05, 4.69) is 96.4 Å². The number of aliphatic carboxylic acids is 2. The summed E-state index contributed by atoms with van der Waals surface area (Å²) in [7, 11) is -8.19. The standard InChI is InChI=1S/C57H72N4O13S2/c1-56(2)45-20-5-7-22-48(45)60(36-9-11-38-75(68,69)70)50(56)33-27-41-17-14-18-42(28-34-51-57(3,4)46-21-6-8-23-49(46)61(51)37-10-12-39-76(71,72)73)53(41)74-44-30-25-40(26-31-44)16-13-19-43(62)29-32-47(54(65)66)59-55(67)58-35-15-24-52(63)64/h5-8,20-23,25-28,30-31,33-34,47H,9-19,24,29,32,35-39H2,1-4H3,(H5-,58,59,63,64,65,66,67,68,69,70,71,72,73)/p+1/t47-/m0/s1. The van der Waals surface area contributed by atoms with Gasteiger partial charge in [-0.3, -0.25) is 18.7 Å². The highest BCUT2D eigenvalue weighted by Gasteiger charge is 2.44. The molecule has 76 heavy (non-hydrogen) atoms. The van der Waals surface area contributed by atoms with Crippen molar-refractivity contribution in [2.24, 2.45) is 0 Å². The van der Waals surface area contributed by atoms with Crippen molar-refractivity contribution in [3.8, 4) is 5.75 Å². The number of aryl methyl sites for hydroxylation is 1. The number of unbranched alkanes of at least 4 members (excludes halogenated alkanes) is 2. The minimum Gasteiger partial charge on any atom is -0.481 e. The molecule has 6 N–H and O–H groups in total. The second-order valence-electron chi connectivity index (χ2n) is 20.7. The van der Waals surface area contributed by atoms with Gasteiger partial charge in [0.15, 0.2) is 5.71 Å². The summed E-state index contributed by atoms with van der Waals surface area (Å²) in [4.78, 5) is 49.8. The van der Waals surface area contributed by atoms with Crippen LogP contribution in [0.2, 0.25) is 0 Å². The number of amides is 2. The number of carboxylic acid groups (broad SMARTS) is 2. The molecule has 3 aromatic carbocycles. The first-order valence-corrected chi connectivity index (χ1v) is 29.3. The van der Waals surface area contributed by atoms with E-state index in [9.17, 15) is 50.2 Å². The Morgan fingerprint density at radius 3 is 2.11 bits per heavy atom. The van der Waals surface area contributed by atoms with E-state index < -0.39 is 55.1 Å². The van der Waals surface area contributed by atoms with Gasteiger partial charge in [-0.25, -0.2) is 9.59 Å². The Balaban J connectivity index is 1.25. The van der Waals surface area contributed by atoms with Crippen LogP contribution in [0, 0.1) is 0 Å². The highest BCUT2D eigenvalue weighted by Crippen LogP contribution is 2.48. The molecule has 0 fully saturated rings. The Morgan fingerprint density at radius 1 is 0.750 bits per heavy atom. The molecule has 1 aliphatic carbocycles. The lowest BCUT2D eigenvalue weighted by molar-refractivity contribution is -0.438. The molecule has 2 aliphatic heterocycles. The number of urea groups is 1. The first kappa shape index (κ1) is 58.8. The number of anilines is 1. The summed E-state index contributed by atoms with van der Waals surface area (Å²) in [5, 5.41) is 23.2. The summed E-state index contributed by atoms with van der Waals surface area (Å²) in [6, 6.07) is 22.1. The van der Waals surface area contributed by atoms with Gasteiger partial charge >= 0.3 is 18.0 Å². The number of carboxylic acids is 2. The van der Waals surface area contributed by atoms with Gasteiger partial charge in [0.1, 0.15) is 29.9 Å². The van der Waals surface area contributed by atoms with Crippen molar-refractivity contribution in [3.05, 3.63) is 136 Å². The van der Waals surface area contributed by atoms with Crippen LogP contribution in [0.1, 0.15) is 128 Å². The molecule has 0 spiro atoms. The smallest absolute Gasteiger partial charge is 0.326 e. The molecule has 2 amide bonds. The average molecular weight is 1090 g/mol. The summed E-state index contributed by atoms with van der Waals surface area (Å²) in [6.45, 7) is 9.85. The second-order valence-corrected chi connectivity index (χ2v) is 23.9. The van der Waals surface area contributed by atoms with Crippen LogP contribution in [0.25, 0.3) is 0 Å². The largest absolute Gasteiger partial charge is 0.481 e. The second kappa shape index (κ2) is 26.1. The molecule has 0 radical (unpaired) electrons. The van der Waals surface area contributed by atoms with E-state index >= 15 is 0 Å². The average Bonchev–Trinajstić information content (AvgIpc) is 3.70. The maximum atomic E-state index is 12.9. The predicted octanol–water partition coefficient (Wildman–Crippen LogP) is 9.37. The molecular formula is C57H73N4O13S2+. The van der Waals surface area contributed by atoms with Crippen LogP contribution < -0.4 is 20.3 Å². The number of rotatable bonds is 28. The molecule has 0 unspecified atom stereocenters. The van der Waals surface area contributed by atoms with Gasteiger partial charge in [0.05, 0.1) is 16.9 Å². The molecule has 2 heterocycles. The zero-order chi connectivity index (χ0) is 55.3. The van der Waals surface area contributed by atoms with Gasteiger partial charge in [-0.05, 0) is 131 Å². The van der Waals surface area contributed by atoms with Gasteiger partial charge in [-0.15, -0.1) is 0 Å². The van der Waals surface area contributed by atoms with E-state index in [0.29, 0.717) is 63.1 Å². The predicted molar refractivity (Wildman–Crippen MR) is 293 cm³/mol. The molecule has 3 aromatic rings. The van der Waals surface area contributed by atoms with E-state index in [-0.39, 0.29) is 55.9 Å². The number of allylic oxidation sites excluding steroid dienone is 7. The number of nitrogens with zero attached hydrogens (tertiary/aromatic N) is 2. The quantitative estimate of drug-likeness (QED) is 0.0225. The third-order valence-electron chi connectivity index (χ3n) is 14.3. The summed E-state index contributed by atoms with van der Waals surface area (Å²) >= 11 is 0. The maximum Gasteiger partial charge on any atom is 0.326 e. The number of fused-ring (bicyclic) bond motifs is 2. The summed E-state index contributed by atoms with van der Waals surface area (Å²) in [5.74, 6) is -1.73. The van der Waals surface area contributed by atoms with Gasteiger partial charge in [0.25, 0.3) is 20.2 Å². The minimum atomic E-state index is -4.09. The topological polar surface area (TPSA) is 257 Å². The summed E-state index contributed by atoms with van der Waals surface area (Å²) in [6.07, 6.45) is 13.7. The molecule has 19 heteroatoms. The summed E-state index contributed by atoms with van der Waals surface area (Å²) in [5.41, 5.74) is 8.60. The number of nitrogens with one attached hydrogen (secondary N) is 2. The third-order valence-corrected chi connectivity index (χ3v) is 15.9. The number of carbonyl (C=O) groups excluding carboxylic acids is 2. The van der Waals surface area contributed by atoms with Crippen molar-refractivity contribution in [1.29, 1.82) is 0 Å². The highest BCUT2D eigenvalue weighted by molar-refractivity contribution is 7.86. The van der Waals surface area contributed by atoms with Crippen LogP contribution in [0.3, 0.4) is 0 Å². The first-order chi connectivity index (χ1) is 35.9. The number of hydrogen-bond acceptors (Lipinski definition) is 10. The summed E-state index contributed by atoms with van der Waals surface area (Å²) < 4.78 is 74.4. The molecule has 0 saturated heterocycles. The Bertz CT molecular complexity index is 3010. The first-order valence-electron chi connectivity index (χ1n) is 26.1. The van der Waals surface area contributed by atoms with E-state index in [1.165, 1.54) is 0 Å². The van der Waals surface area contributed by atoms with Crippen LogP contribution in [-0.4, -0.2) is 107 Å². The van der Waals surface area contributed by atoms with Crippen LogP contribution in [0.4, 0.5) is 16.2 Å². The molecular weight excluding hydrogens is 1010 g/mol. The van der Waals surface area contributed by atoms with E-state index in [1.807, 2.05) is 48.5 Å². The number of para-hydroxylation sites is 2. The number of benzene rings is 3. The van der Waals surface area contributed by atoms with E-state index in [0.717, 1.165) is 69.9 Å². The van der Waals surface area contributed by atoms with Gasteiger partial charge in [-0.1, -0.05) is 68.5 Å². The van der Waals surface area contributed by atoms with Gasteiger partial charge in [-0.2, -0.15) is 21.4 Å². The highest BCUT2D eigenvalue weighted by atomic mass is 32.2. The Kier molecular flexibility index (Phi) is 20.2. The van der Waals surface area contributed by atoms with Crippen LogP contribution in [0.15, 0.2) is 120 Å². The Labute approximate surface area is 447 Å². The maximum absolute atomic E-state index is 12.9. The van der Waals surface area contributed by atoms with Crippen molar-refractivity contribution in [2.45, 2.75) is 134 Å². The SMILES string of the molecule is CC1(C)C(=CC=C2CCCC(C=CC3=[N+](CCCCS(=O)(=O)O)c4ccccc4C3(C)C)=C2Oc2ccc(CCCC(=O)CC[C@H](NC(=O)NCCCC(=O)O)C(=O)O)cc2)N(CCCCS(=O)(=O)O)c2ccccc21. The monoisotopic (exact) mass is 1090 g/mol. The van der Waals surface area contributed by atoms with Crippen molar-refractivity contribution < 1.29 is 64.6 Å². The minimum absolute atomic E-state index is 0.0419. The number of hydrogen-bond donors (Lipinski definition) is 6. The van der Waals surface area contributed by atoms with Gasteiger partial charge < -0.3 is 30.5 Å². The van der Waals surface area contributed by atoms with Crippen LogP contribution in [-0.2, 0) is 51.9 Å². The molecule has 0 saturated carbocycles. The lowest BCUT2D eigenvalue weighted by atomic mass is 9.81. The molecule has 410 valence electrons. The van der Waals surface area contributed by atoms with Crippen molar-refractivity contribution >= 4 is 61.1 Å². The molecule has 3 aliphatic rings.